The van der Waals surface area contributed by atoms with E-state index in [0.29, 0.717) is 40.0 Å². The van der Waals surface area contributed by atoms with E-state index in [1.807, 2.05) is 25.1 Å². The third-order valence-electron chi connectivity index (χ3n) is 4.02. The summed E-state index contributed by atoms with van der Waals surface area (Å²) >= 11 is 0. The zero-order valence-corrected chi connectivity index (χ0v) is 14.3. The third-order valence-corrected chi connectivity index (χ3v) is 4.02. The normalized spacial score (nSPS) is 16.8. The summed E-state index contributed by atoms with van der Waals surface area (Å²) in [5, 5.41) is 9.15. The Hall–Kier alpha value is -2.59. The van der Waals surface area contributed by atoms with Crippen LogP contribution in [0.5, 0.6) is 5.75 Å². The molecule has 0 saturated carbocycles. The highest BCUT2D eigenvalue weighted by atomic mass is 16.5. The minimum atomic E-state index is -0.944. The molecule has 0 fully saturated rings. The lowest BCUT2D eigenvalue weighted by atomic mass is 9.92. The number of rotatable bonds is 5. The van der Waals surface area contributed by atoms with Crippen molar-refractivity contribution in [2.75, 3.05) is 20.6 Å². The molecule has 0 amide bonds. The van der Waals surface area contributed by atoms with Gasteiger partial charge in [0.15, 0.2) is 0 Å². The Bertz CT molecular complexity index is 1000. The van der Waals surface area contributed by atoms with Gasteiger partial charge in [-0.25, -0.2) is 0 Å². The lowest BCUT2D eigenvalue weighted by molar-refractivity contribution is -0.136. The van der Waals surface area contributed by atoms with E-state index in [4.69, 9.17) is 15.3 Å². The van der Waals surface area contributed by atoms with Crippen molar-refractivity contribution in [2.24, 2.45) is 0 Å². The van der Waals surface area contributed by atoms with Crippen molar-refractivity contribution in [3.05, 3.63) is 70.7 Å². The van der Waals surface area contributed by atoms with Gasteiger partial charge in [-0.3, -0.25) is 4.79 Å². The second kappa shape index (κ2) is 7.53. The molecule has 4 heteroatoms. The van der Waals surface area contributed by atoms with Gasteiger partial charge in [0, 0.05) is 12.1 Å². The zero-order valence-electron chi connectivity index (χ0n) is 18.3. The SMILES string of the molecule is [2H]c1c([2H])c([2H])c2c(c1[2H])COc1ccc(CC(=O)O)cc1/C2=C\CCN(C)C. The minimum absolute atomic E-state index is 0.0164. The number of carbonyl (C=O) groups is 1. The Morgan fingerprint density at radius 1 is 1.32 bits per heavy atom. The predicted molar refractivity (Wildman–Crippen MR) is 98.8 cm³/mol. The van der Waals surface area contributed by atoms with Crippen LogP contribution in [0.1, 0.15) is 34.2 Å². The van der Waals surface area contributed by atoms with Gasteiger partial charge in [0.1, 0.15) is 12.4 Å². The molecular weight excluding hydrogens is 314 g/mol. The molecule has 0 spiro atoms. The molecule has 2 aromatic rings. The van der Waals surface area contributed by atoms with Gasteiger partial charge in [-0.2, -0.15) is 0 Å². The van der Waals surface area contributed by atoms with Crippen molar-refractivity contribution in [1.82, 2.24) is 4.90 Å². The average molecular weight is 341 g/mol. The van der Waals surface area contributed by atoms with E-state index in [1.165, 1.54) is 0 Å². The Balaban J connectivity index is 2.25. The van der Waals surface area contributed by atoms with Crippen molar-refractivity contribution >= 4 is 11.5 Å². The van der Waals surface area contributed by atoms with Gasteiger partial charge in [-0.15, -0.1) is 0 Å². The second-order valence-electron chi connectivity index (χ2n) is 6.25. The number of benzene rings is 2. The quantitative estimate of drug-likeness (QED) is 0.903. The van der Waals surface area contributed by atoms with Crippen LogP contribution in [0.25, 0.3) is 5.57 Å². The maximum Gasteiger partial charge on any atom is 0.307 e. The summed E-state index contributed by atoms with van der Waals surface area (Å²) in [5.74, 6) is -0.414. The van der Waals surface area contributed by atoms with Gasteiger partial charge in [0.05, 0.1) is 11.9 Å². The molecular formula is C21H23NO3. The molecule has 0 aromatic heterocycles. The number of carboxylic acids is 1. The first-order valence-electron chi connectivity index (χ1n) is 10.1. The highest BCUT2D eigenvalue weighted by Crippen LogP contribution is 2.37. The molecule has 130 valence electrons. The van der Waals surface area contributed by atoms with Crippen molar-refractivity contribution in [3.63, 3.8) is 0 Å². The number of aliphatic carboxylic acids is 1. The van der Waals surface area contributed by atoms with Crippen molar-refractivity contribution in [3.8, 4) is 5.75 Å². The minimum Gasteiger partial charge on any atom is -0.488 e. The first-order valence-corrected chi connectivity index (χ1v) is 8.13. The molecule has 0 atom stereocenters. The van der Waals surface area contributed by atoms with Crippen molar-refractivity contribution in [2.45, 2.75) is 19.4 Å². The summed E-state index contributed by atoms with van der Waals surface area (Å²) in [6, 6.07) is 4.32. The molecule has 3 rings (SSSR count). The number of fused-ring (bicyclic) bond motifs is 2. The van der Waals surface area contributed by atoms with E-state index >= 15 is 0 Å². The predicted octanol–water partition coefficient (Wildman–Crippen LogP) is 3.59. The van der Waals surface area contributed by atoms with Crippen LogP contribution in [0.2, 0.25) is 0 Å². The fraction of sp³-hybridized carbons (Fsp3) is 0.286. The molecule has 1 N–H and O–H groups in total. The summed E-state index contributed by atoms with van der Waals surface area (Å²) in [6.45, 7) is 0.775. The van der Waals surface area contributed by atoms with E-state index in [1.54, 1.807) is 18.2 Å². The Kier molecular flexibility index (Phi) is 3.83. The molecule has 1 aliphatic heterocycles. The van der Waals surface area contributed by atoms with Crippen LogP contribution in [0.15, 0.2) is 48.4 Å². The van der Waals surface area contributed by atoms with Crippen molar-refractivity contribution < 1.29 is 20.1 Å². The molecule has 0 bridgehead atoms. The molecule has 25 heavy (non-hydrogen) atoms. The van der Waals surface area contributed by atoms with Gasteiger partial charge in [0.25, 0.3) is 0 Å². The molecule has 0 saturated heterocycles. The smallest absolute Gasteiger partial charge is 0.307 e. The second-order valence-corrected chi connectivity index (χ2v) is 6.25. The first-order chi connectivity index (χ1) is 13.7. The largest absolute Gasteiger partial charge is 0.488 e. The van der Waals surface area contributed by atoms with E-state index in [9.17, 15) is 4.79 Å². The van der Waals surface area contributed by atoms with Crippen LogP contribution in [-0.4, -0.2) is 36.6 Å². The highest BCUT2D eigenvalue weighted by molar-refractivity contribution is 5.85. The molecule has 0 radical (unpaired) electrons. The lowest BCUT2D eigenvalue weighted by Gasteiger charge is -2.13. The fourth-order valence-corrected chi connectivity index (χ4v) is 2.84. The zero-order chi connectivity index (χ0) is 21.3. The monoisotopic (exact) mass is 341 g/mol. The standard InChI is InChI=1S/C21H23NO3/c1-22(2)11-5-8-18-17-7-4-3-6-16(17)14-25-20-10-9-15(12-19(18)20)13-21(23)24/h3-4,6-10,12H,5,11,13-14H2,1-2H3,(H,23,24)/b18-8-/i3D,4D,6D,7D. The summed E-state index contributed by atoms with van der Waals surface area (Å²) < 4.78 is 38.7. The maximum atomic E-state index is 11.2. The number of hydrogen-bond donors (Lipinski definition) is 1. The number of ether oxygens (including phenoxy) is 1. The fourth-order valence-electron chi connectivity index (χ4n) is 2.84. The van der Waals surface area contributed by atoms with Gasteiger partial charge in [-0.1, -0.05) is 36.3 Å². The van der Waals surface area contributed by atoms with Gasteiger partial charge >= 0.3 is 5.97 Å². The first kappa shape index (κ1) is 12.7. The number of carboxylic acid groups (broad SMARTS) is 1. The molecule has 4 nitrogen and oxygen atoms in total. The van der Waals surface area contributed by atoms with Crippen LogP contribution in [0, 0.1) is 0 Å². The van der Waals surface area contributed by atoms with Crippen LogP contribution >= 0.6 is 0 Å². The summed E-state index contributed by atoms with van der Waals surface area (Å²) in [7, 11) is 3.90. The van der Waals surface area contributed by atoms with E-state index in [0.717, 1.165) is 6.54 Å². The topological polar surface area (TPSA) is 49.8 Å². The van der Waals surface area contributed by atoms with E-state index in [2.05, 4.69) is 0 Å². The Morgan fingerprint density at radius 3 is 2.88 bits per heavy atom. The third kappa shape index (κ3) is 4.09. The highest BCUT2D eigenvalue weighted by Gasteiger charge is 2.19. The molecule has 2 aromatic carbocycles. The molecule has 0 aliphatic carbocycles. The Morgan fingerprint density at radius 2 is 2.12 bits per heavy atom. The van der Waals surface area contributed by atoms with E-state index in [-0.39, 0.29) is 37.2 Å². The number of nitrogens with zero attached hydrogens (tertiary/aromatic N) is 1. The van der Waals surface area contributed by atoms with Gasteiger partial charge in [0.2, 0.25) is 0 Å². The van der Waals surface area contributed by atoms with Crippen LogP contribution in [0.4, 0.5) is 0 Å². The van der Waals surface area contributed by atoms with E-state index < -0.39 is 5.97 Å². The van der Waals surface area contributed by atoms with Crippen LogP contribution in [-0.2, 0) is 17.8 Å². The number of hydrogen-bond acceptors (Lipinski definition) is 3. The van der Waals surface area contributed by atoms with Gasteiger partial charge in [-0.05, 0) is 54.9 Å². The Labute approximate surface area is 154 Å². The summed E-state index contributed by atoms with van der Waals surface area (Å²) in [4.78, 5) is 13.2. The molecule has 1 heterocycles. The summed E-state index contributed by atoms with van der Waals surface area (Å²) in [5.41, 5.74) is 2.71. The summed E-state index contributed by atoms with van der Waals surface area (Å²) in [6.07, 6.45) is 2.46. The van der Waals surface area contributed by atoms with Crippen molar-refractivity contribution in [1.29, 1.82) is 0 Å². The molecule has 0 unspecified atom stereocenters. The van der Waals surface area contributed by atoms with Gasteiger partial charge < -0.3 is 14.7 Å². The maximum absolute atomic E-state index is 11.2. The van der Waals surface area contributed by atoms with Crippen LogP contribution < -0.4 is 4.74 Å². The van der Waals surface area contributed by atoms with Crippen LogP contribution in [0.3, 0.4) is 0 Å². The average Bonchev–Trinajstić information content (AvgIpc) is 2.81. The molecule has 1 aliphatic rings. The lowest BCUT2D eigenvalue weighted by Crippen LogP contribution is -2.12.